The molecule has 0 aliphatic carbocycles. The number of nitrogens with zero attached hydrogens (tertiary/aromatic N) is 1. The average Bonchev–Trinajstić information content (AvgIpc) is 2.70. The molecule has 4 heteroatoms. The van der Waals surface area contributed by atoms with E-state index < -0.39 is 0 Å². The Morgan fingerprint density at radius 2 is 1.40 bits per heavy atom. The van der Waals surface area contributed by atoms with Crippen LogP contribution in [-0.2, 0) is 6.54 Å². The highest BCUT2D eigenvalue weighted by Gasteiger charge is 2.25. The molecule has 25 heavy (non-hydrogen) atoms. The summed E-state index contributed by atoms with van der Waals surface area (Å²) in [6.07, 6.45) is 1.95. The van der Waals surface area contributed by atoms with Gasteiger partial charge in [0.2, 0.25) is 0 Å². The number of carbonyl (C=O) groups is 1. The summed E-state index contributed by atoms with van der Waals surface area (Å²) in [7, 11) is 0. The standard InChI is InChI=1S/C19H21NO.C2H4Br2/c21-19(17-9-5-2-6-10-17)18-11-13-20(14-12-18)15-16-7-3-1-4-8-16;3-1-2-4/h1-10,18H,11-15H2;1-2H2. The van der Waals surface area contributed by atoms with Crippen LogP contribution in [0.15, 0.2) is 60.7 Å². The van der Waals surface area contributed by atoms with Gasteiger partial charge in [0, 0.05) is 28.7 Å². The molecule has 2 nitrogen and oxygen atoms in total. The lowest BCUT2D eigenvalue weighted by atomic mass is 9.89. The van der Waals surface area contributed by atoms with Crippen molar-refractivity contribution in [2.24, 2.45) is 5.92 Å². The number of hydrogen-bond donors (Lipinski definition) is 0. The molecule has 1 aliphatic heterocycles. The molecule has 0 atom stereocenters. The molecule has 0 bridgehead atoms. The summed E-state index contributed by atoms with van der Waals surface area (Å²) in [5, 5.41) is 2.10. The Bertz CT molecular complexity index is 608. The predicted octanol–water partition coefficient (Wildman–Crippen LogP) is 5.56. The van der Waals surface area contributed by atoms with E-state index in [1.165, 1.54) is 5.56 Å². The molecule has 2 aromatic carbocycles. The van der Waals surface area contributed by atoms with Crippen LogP contribution in [0.4, 0.5) is 0 Å². The third-order valence-electron chi connectivity index (χ3n) is 4.34. The fourth-order valence-electron chi connectivity index (χ4n) is 3.03. The van der Waals surface area contributed by atoms with Gasteiger partial charge in [-0.3, -0.25) is 9.69 Å². The fraction of sp³-hybridized carbons (Fsp3) is 0.381. The monoisotopic (exact) mass is 465 g/mol. The molecular formula is C21H25Br2NO. The molecule has 0 radical (unpaired) electrons. The molecule has 1 fully saturated rings. The number of carbonyl (C=O) groups excluding carboxylic acids is 1. The maximum absolute atomic E-state index is 12.4. The Hall–Kier alpha value is -0.970. The van der Waals surface area contributed by atoms with Gasteiger partial charge in [-0.1, -0.05) is 92.5 Å². The minimum absolute atomic E-state index is 0.194. The third kappa shape index (κ3) is 7.04. The van der Waals surface area contributed by atoms with Gasteiger partial charge in [0.15, 0.2) is 5.78 Å². The van der Waals surface area contributed by atoms with E-state index in [1.807, 2.05) is 36.4 Å². The quantitative estimate of drug-likeness (QED) is 0.424. The summed E-state index contributed by atoms with van der Waals surface area (Å²) >= 11 is 6.40. The number of ketones is 1. The molecule has 1 heterocycles. The third-order valence-corrected chi connectivity index (χ3v) is 6.19. The SMILES string of the molecule is BrCCBr.O=C(c1ccccc1)C1CCN(Cc2ccccc2)CC1. The van der Waals surface area contributed by atoms with E-state index in [9.17, 15) is 4.79 Å². The van der Waals surface area contributed by atoms with Crippen molar-refractivity contribution in [3.63, 3.8) is 0 Å². The number of piperidine rings is 1. The first-order valence-electron chi connectivity index (χ1n) is 8.72. The molecule has 0 aromatic heterocycles. The van der Waals surface area contributed by atoms with E-state index in [1.54, 1.807) is 0 Å². The zero-order valence-electron chi connectivity index (χ0n) is 14.4. The molecule has 2 aromatic rings. The van der Waals surface area contributed by atoms with E-state index in [2.05, 4.69) is 61.0 Å². The van der Waals surface area contributed by atoms with Crippen molar-refractivity contribution in [2.75, 3.05) is 23.7 Å². The summed E-state index contributed by atoms with van der Waals surface area (Å²) in [5.74, 6) is 0.509. The van der Waals surface area contributed by atoms with E-state index in [-0.39, 0.29) is 5.92 Å². The average molecular weight is 467 g/mol. The maximum atomic E-state index is 12.4. The van der Waals surface area contributed by atoms with Crippen LogP contribution in [-0.4, -0.2) is 34.4 Å². The van der Waals surface area contributed by atoms with Crippen LogP contribution in [0.5, 0.6) is 0 Å². The largest absolute Gasteiger partial charge is 0.299 e. The van der Waals surface area contributed by atoms with Gasteiger partial charge in [-0.2, -0.15) is 0 Å². The topological polar surface area (TPSA) is 20.3 Å². The normalized spacial score (nSPS) is 15.3. The second-order valence-electron chi connectivity index (χ2n) is 6.14. The summed E-state index contributed by atoms with van der Waals surface area (Å²) in [6, 6.07) is 20.3. The predicted molar refractivity (Wildman–Crippen MR) is 113 cm³/mol. The molecular weight excluding hydrogens is 442 g/mol. The molecule has 0 amide bonds. The minimum Gasteiger partial charge on any atom is -0.299 e. The van der Waals surface area contributed by atoms with Gasteiger partial charge in [-0.05, 0) is 31.5 Å². The highest BCUT2D eigenvalue weighted by Crippen LogP contribution is 2.22. The molecule has 0 spiro atoms. The van der Waals surface area contributed by atoms with Crippen LogP contribution >= 0.6 is 31.9 Å². The van der Waals surface area contributed by atoms with E-state index >= 15 is 0 Å². The first kappa shape index (κ1) is 20.3. The zero-order chi connectivity index (χ0) is 17.9. The van der Waals surface area contributed by atoms with E-state index in [4.69, 9.17) is 0 Å². The molecule has 0 unspecified atom stereocenters. The van der Waals surface area contributed by atoms with Gasteiger partial charge >= 0.3 is 0 Å². The highest BCUT2D eigenvalue weighted by atomic mass is 79.9. The van der Waals surface area contributed by atoms with Crippen molar-refractivity contribution in [2.45, 2.75) is 19.4 Å². The van der Waals surface area contributed by atoms with Crippen LogP contribution in [0.1, 0.15) is 28.8 Å². The Labute approximate surface area is 167 Å². The fourth-order valence-corrected chi connectivity index (χ4v) is 3.03. The molecule has 0 N–H and O–H groups in total. The lowest BCUT2D eigenvalue weighted by Gasteiger charge is -2.31. The number of Topliss-reactive ketones (excluding diaryl/α,β-unsaturated/α-hetero) is 1. The van der Waals surface area contributed by atoms with Crippen LogP contribution in [0.25, 0.3) is 0 Å². The van der Waals surface area contributed by atoms with Crippen LogP contribution < -0.4 is 0 Å². The second kappa shape index (κ2) is 11.6. The number of likely N-dealkylation sites (tertiary alicyclic amines) is 1. The molecule has 134 valence electrons. The summed E-state index contributed by atoms with van der Waals surface area (Å²) in [4.78, 5) is 14.9. The summed E-state index contributed by atoms with van der Waals surface area (Å²) in [6.45, 7) is 3.02. The molecule has 1 aliphatic rings. The zero-order valence-corrected chi connectivity index (χ0v) is 17.6. The summed E-state index contributed by atoms with van der Waals surface area (Å²) < 4.78 is 0. The van der Waals surface area contributed by atoms with Gasteiger partial charge < -0.3 is 0 Å². The van der Waals surface area contributed by atoms with Gasteiger partial charge in [-0.25, -0.2) is 0 Å². The summed E-state index contributed by atoms with van der Waals surface area (Å²) in [5.41, 5.74) is 2.21. The first-order valence-corrected chi connectivity index (χ1v) is 11.0. The first-order chi connectivity index (χ1) is 12.2. The van der Waals surface area contributed by atoms with Gasteiger partial charge in [0.1, 0.15) is 0 Å². The van der Waals surface area contributed by atoms with Crippen molar-refractivity contribution in [1.82, 2.24) is 4.90 Å². The Morgan fingerprint density at radius 1 is 0.880 bits per heavy atom. The number of rotatable bonds is 5. The maximum Gasteiger partial charge on any atom is 0.166 e. The highest BCUT2D eigenvalue weighted by molar-refractivity contribution is 9.11. The number of alkyl halides is 2. The molecule has 0 saturated carbocycles. The van der Waals surface area contributed by atoms with E-state index in [0.29, 0.717) is 5.78 Å². The Balaban J connectivity index is 0.000000511. The Kier molecular flexibility index (Phi) is 9.45. The minimum atomic E-state index is 0.194. The number of benzene rings is 2. The van der Waals surface area contributed by atoms with E-state index in [0.717, 1.165) is 48.7 Å². The van der Waals surface area contributed by atoms with Gasteiger partial charge in [0.05, 0.1) is 0 Å². The van der Waals surface area contributed by atoms with Crippen molar-refractivity contribution < 1.29 is 4.79 Å². The molecule has 3 rings (SSSR count). The van der Waals surface area contributed by atoms with Crippen LogP contribution in [0.2, 0.25) is 0 Å². The van der Waals surface area contributed by atoms with Crippen molar-refractivity contribution in [3.05, 3.63) is 71.8 Å². The van der Waals surface area contributed by atoms with Crippen LogP contribution in [0.3, 0.4) is 0 Å². The smallest absolute Gasteiger partial charge is 0.166 e. The number of halogens is 2. The lowest BCUT2D eigenvalue weighted by Crippen LogP contribution is -2.35. The van der Waals surface area contributed by atoms with Crippen molar-refractivity contribution in [1.29, 1.82) is 0 Å². The molecule has 1 saturated heterocycles. The van der Waals surface area contributed by atoms with Crippen molar-refractivity contribution >= 4 is 37.6 Å². The van der Waals surface area contributed by atoms with Gasteiger partial charge in [-0.15, -0.1) is 0 Å². The number of hydrogen-bond acceptors (Lipinski definition) is 2. The second-order valence-corrected chi connectivity index (χ2v) is 7.73. The Morgan fingerprint density at radius 3 is 1.92 bits per heavy atom. The van der Waals surface area contributed by atoms with Crippen LogP contribution in [0, 0.1) is 5.92 Å². The van der Waals surface area contributed by atoms with Gasteiger partial charge in [0.25, 0.3) is 0 Å². The lowest BCUT2D eigenvalue weighted by molar-refractivity contribution is 0.0835. The van der Waals surface area contributed by atoms with Crippen molar-refractivity contribution in [3.8, 4) is 0 Å².